The van der Waals surface area contributed by atoms with Crippen LogP contribution in [0, 0.1) is 5.92 Å². The van der Waals surface area contributed by atoms with Crippen LogP contribution < -0.4 is 5.73 Å². The lowest BCUT2D eigenvalue weighted by Crippen LogP contribution is -2.34. The predicted molar refractivity (Wildman–Crippen MR) is 37.0 cm³/mol. The second-order valence-electron chi connectivity index (χ2n) is 3.28. The van der Waals surface area contributed by atoms with Crippen LogP contribution in [0.15, 0.2) is 0 Å². The van der Waals surface area contributed by atoms with Crippen molar-refractivity contribution >= 4 is 0 Å². The highest BCUT2D eigenvalue weighted by atomic mass is 16.3. The lowest BCUT2D eigenvalue weighted by Gasteiger charge is -2.18. The average molecular weight is 129 g/mol. The summed E-state index contributed by atoms with van der Waals surface area (Å²) in [5.41, 5.74) is 4.87. The van der Waals surface area contributed by atoms with Crippen molar-refractivity contribution in [3.63, 3.8) is 0 Å². The van der Waals surface area contributed by atoms with Crippen LogP contribution in [0.1, 0.15) is 26.2 Å². The molecule has 0 saturated heterocycles. The maximum atomic E-state index is 9.55. The van der Waals surface area contributed by atoms with Crippen LogP contribution in [-0.2, 0) is 0 Å². The van der Waals surface area contributed by atoms with Crippen LogP contribution in [0.3, 0.4) is 0 Å². The van der Waals surface area contributed by atoms with Gasteiger partial charge in [-0.1, -0.05) is 6.92 Å². The smallest absolute Gasteiger partial charge is 0.0772 e. The Labute approximate surface area is 56.1 Å². The minimum atomic E-state index is -0.514. The topological polar surface area (TPSA) is 46.2 Å². The number of hydrogen-bond donors (Lipinski definition) is 2. The maximum Gasteiger partial charge on any atom is 0.0772 e. The first kappa shape index (κ1) is 7.03. The zero-order chi connectivity index (χ0) is 6.91. The lowest BCUT2D eigenvalue weighted by molar-refractivity contribution is 0.0534. The van der Waals surface area contributed by atoms with Gasteiger partial charge in [-0.25, -0.2) is 0 Å². The average Bonchev–Trinajstić information content (AvgIpc) is 2.13. The molecule has 0 aromatic carbocycles. The van der Waals surface area contributed by atoms with Crippen molar-refractivity contribution in [3.05, 3.63) is 0 Å². The van der Waals surface area contributed by atoms with E-state index in [-0.39, 0.29) is 0 Å². The monoisotopic (exact) mass is 129 g/mol. The third-order valence-corrected chi connectivity index (χ3v) is 2.21. The molecule has 0 spiro atoms. The zero-order valence-corrected chi connectivity index (χ0v) is 5.93. The number of nitrogens with two attached hydrogens (primary N) is 1. The van der Waals surface area contributed by atoms with E-state index in [9.17, 15) is 5.11 Å². The van der Waals surface area contributed by atoms with E-state index in [1.807, 2.05) is 0 Å². The molecule has 2 nitrogen and oxygen atoms in total. The van der Waals surface area contributed by atoms with E-state index in [2.05, 4.69) is 6.92 Å². The summed E-state index contributed by atoms with van der Waals surface area (Å²) in [7, 11) is 0. The Morgan fingerprint density at radius 2 is 2.44 bits per heavy atom. The van der Waals surface area contributed by atoms with Gasteiger partial charge >= 0.3 is 0 Å². The molecule has 0 aromatic rings. The molecular weight excluding hydrogens is 114 g/mol. The summed E-state index contributed by atoms with van der Waals surface area (Å²) >= 11 is 0. The largest absolute Gasteiger partial charge is 0.389 e. The van der Waals surface area contributed by atoms with Gasteiger partial charge in [0.25, 0.3) is 0 Å². The second-order valence-corrected chi connectivity index (χ2v) is 3.28. The number of aliphatic hydroxyl groups is 1. The first-order chi connectivity index (χ1) is 4.16. The number of hydrogen-bond acceptors (Lipinski definition) is 2. The highest BCUT2D eigenvalue weighted by Gasteiger charge is 2.33. The highest BCUT2D eigenvalue weighted by molar-refractivity contribution is 4.87. The molecular formula is C7H15NO. The van der Waals surface area contributed by atoms with E-state index >= 15 is 0 Å². The molecule has 0 amide bonds. The van der Waals surface area contributed by atoms with Gasteiger partial charge < -0.3 is 10.8 Å². The molecule has 0 radical (unpaired) electrons. The Hall–Kier alpha value is -0.0800. The molecule has 0 heterocycles. The van der Waals surface area contributed by atoms with E-state index < -0.39 is 5.60 Å². The Morgan fingerprint density at radius 1 is 1.78 bits per heavy atom. The van der Waals surface area contributed by atoms with Gasteiger partial charge in [-0.05, 0) is 25.2 Å². The molecule has 0 bridgehead atoms. The molecule has 0 aliphatic heterocycles. The van der Waals surface area contributed by atoms with Crippen molar-refractivity contribution in [2.75, 3.05) is 6.54 Å². The van der Waals surface area contributed by atoms with Gasteiger partial charge in [0.1, 0.15) is 0 Å². The van der Waals surface area contributed by atoms with E-state index in [0.29, 0.717) is 12.5 Å². The molecule has 2 heteroatoms. The van der Waals surface area contributed by atoms with Gasteiger partial charge in [-0.2, -0.15) is 0 Å². The van der Waals surface area contributed by atoms with Gasteiger partial charge in [-0.15, -0.1) is 0 Å². The fraction of sp³-hybridized carbons (Fsp3) is 1.00. The highest BCUT2D eigenvalue weighted by Crippen LogP contribution is 2.32. The van der Waals surface area contributed by atoms with Crippen LogP contribution in [0.25, 0.3) is 0 Å². The summed E-state index contributed by atoms with van der Waals surface area (Å²) in [6.45, 7) is 2.59. The van der Waals surface area contributed by atoms with Crippen LogP contribution in [0.5, 0.6) is 0 Å². The van der Waals surface area contributed by atoms with Crippen molar-refractivity contribution in [2.24, 2.45) is 11.7 Å². The summed E-state index contributed by atoms with van der Waals surface area (Å²) in [5, 5.41) is 9.55. The zero-order valence-electron chi connectivity index (χ0n) is 5.93. The SMILES string of the molecule is CC1CCC(O)(CN)C1. The summed E-state index contributed by atoms with van der Waals surface area (Å²) in [4.78, 5) is 0. The van der Waals surface area contributed by atoms with Crippen LogP contribution in [0.2, 0.25) is 0 Å². The molecule has 1 aliphatic carbocycles. The van der Waals surface area contributed by atoms with Crippen molar-refractivity contribution < 1.29 is 5.11 Å². The first-order valence-electron chi connectivity index (χ1n) is 3.59. The molecule has 1 rings (SSSR count). The van der Waals surface area contributed by atoms with Gasteiger partial charge in [-0.3, -0.25) is 0 Å². The first-order valence-corrected chi connectivity index (χ1v) is 3.59. The summed E-state index contributed by atoms with van der Waals surface area (Å²) in [5.74, 6) is 0.665. The van der Waals surface area contributed by atoms with Gasteiger partial charge in [0.05, 0.1) is 5.60 Å². The molecule has 2 unspecified atom stereocenters. The van der Waals surface area contributed by atoms with E-state index in [4.69, 9.17) is 5.73 Å². The maximum absolute atomic E-state index is 9.55. The predicted octanol–water partition coefficient (Wildman–Crippen LogP) is 0.496. The number of rotatable bonds is 1. The molecule has 54 valence electrons. The third-order valence-electron chi connectivity index (χ3n) is 2.21. The van der Waals surface area contributed by atoms with Crippen LogP contribution >= 0.6 is 0 Å². The summed E-state index contributed by atoms with van der Waals surface area (Å²) in [6.07, 6.45) is 2.92. The van der Waals surface area contributed by atoms with Crippen molar-refractivity contribution in [2.45, 2.75) is 31.8 Å². The third kappa shape index (κ3) is 1.43. The lowest BCUT2D eigenvalue weighted by atomic mass is 10.0. The van der Waals surface area contributed by atoms with Gasteiger partial charge in [0, 0.05) is 6.54 Å². The second kappa shape index (κ2) is 2.27. The Morgan fingerprint density at radius 3 is 2.67 bits per heavy atom. The molecule has 1 saturated carbocycles. The van der Waals surface area contributed by atoms with Crippen molar-refractivity contribution in [3.8, 4) is 0 Å². The van der Waals surface area contributed by atoms with Gasteiger partial charge in [0.15, 0.2) is 0 Å². The van der Waals surface area contributed by atoms with E-state index in [1.54, 1.807) is 0 Å². The van der Waals surface area contributed by atoms with Crippen LogP contribution in [0.4, 0.5) is 0 Å². The molecule has 1 aliphatic rings. The van der Waals surface area contributed by atoms with Gasteiger partial charge in [0.2, 0.25) is 0 Å². The fourth-order valence-electron chi connectivity index (χ4n) is 1.55. The Bertz CT molecular complexity index is 105. The van der Waals surface area contributed by atoms with Crippen LogP contribution in [-0.4, -0.2) is 17.3 Å². The molecule has 0 aromatic heterocycles. The minimum absolute atomic E-state index is 0.428. The molecule has 9 heavy (non-hydrogen) atoms. The van der Waals surface area contributed by atoms with Crippen molar-refractivity contribution in [1.82, 2.24) is 0 Å². The normalized spacial score (nSPS) is 43.7. The van der Waals surface area contributed by atoms with Crippen molar-refractivity contribution in [1.29, 1.82) is 0 Å². The molecule has 3 N–H and O–H groups in total. The van der Waals surface area contributed by atoms with E-state index in [0.717, 1.165) is 19.3 Å². The summed E-state index contributed by atoms with van der Waals surface area (Å²) < 4.78 is 0. The van der Waals surface area contributed by atoms with E-state index in [1.165, 1.54) is 0 Å². The Kier molecular flexibility index (Phi) is 1.78. The molecule has 2 atom stereocenters. The minimum Gasteiger partial charge on any atom is -0.389 e. The quantitative estimate of drug-likeness (QED) is 0.541. The standard InChI is InChI=1S/C7H15NO/c1-6-2-3-7(9,4-6)5-8/h6,9H,2-5,8H2,1H3. The fourth-order valence-corrected chi connectivity index (χ4v) is 1.55. The Balaban J connectivity index is 2.45. The molecule has 1 fully saturated rings. The summed E-state index contributed by atoms with van der Waals surface area (Å²) in [6, 6.07) is 0.